The average molecular weight is 324 g/mol. The Bertz CT molecular complexity index is 740. The lowest BCUT2D eigenvalue weighted by atomic mass is 10.1. The van der Waals surface area contributed by atoms with Crippen molar-refractivity contribution in [1.29, 1.82) is 0 Å². The second-order valence-electron chi connectivity index (χ2n) is 4.93. The number of nitrogens with zero attached hydrogens (tertiary/aromatic N) is 2. The minimum absolute atomic E-state index is 0.0399. The van der Waals surface area contributed by atoms with Crippen molar-refractivity contribution in [2.75, 3.05) is 5.75 Å². The Labute approximate surface area is 128 Å². The molecule has 3 rings (SSSR count). The van der Waals surface area contributed by atoms with Crippen molar-refractivity contribution in [3.05, 3.63) is 51.5 Å². The maximum absolute atomic E-state index is 12.4. The van der Waals surface area contributed by atoms with E-state index in [0.29, 0.717) is 13.0 Å². The van der Waals surface area contributed by atoms with Crippen LogP contribution in [-0.2, 0) is 34.4 Å². The van der Waals surface area contributed by atoms with E-state index in [2.05, 4.69) is 4.98 Å². The molecule has 0 saturated carbocycles. The smallest absolute Gasteiger partial charge is 0.236 e. The summed E-state index contributed by atoms with van der Waals surface area (Å²) in [6.45, 7) is 2.47. The summed E-state index contributed by atoms with van der Waals surface area (Å²) in [7, 11) is -3.43. The summed E-state index contributed by atoms with van der Waals surface area (Å²) in [5, 5.41) is 0. The maximum atomic E-state index is 12.4. The van der Waals surface area contributed by atoms with E-state index in [-0.39, 0.29) is 12.3 Å². The Morgan fingerprint density at radius 3 is 2.81 bits per heavy atom. The molecule has 5 nitrogen and oxygen atoms in total. The Morgan fingerprint density at radius 1 is 1.33 bits per heavy atom. The van der Waals surface area contributed by atoms with Gasteiger partial charge in [-0.1, -0.05) is 28.7 Å². The number of fused-ring (bicyclic) bond motifs is 1. The standard InChI is InChI=1S/C14H16N2O3S2/c1-11-14(20-10-15-11)6-7-21(17,18)16-8-12-4-2-3-5-13(12)9-19-16/h2-5,10H,6-9H2,1H3. The molecule has 2 heterocycles. The molecule has 1 aromatic heterocycles. The summed E-state index contributed by atoms with van der Waals surface area (Å²) < 4.78 is 25.9. The van der Waals surface area contributed by atoms with Crippen LogP contribution in [0.3, 0.4) is 0 Å². The van der Waals surface area contributed by atoms with Crippen LogP contribution < -0.4 is 0 Å². The normalized spacial score (nSPS) is 15.9. The predicted octanol–water partition coefficient (Wildman–Crippen LogP) is 2.27. The first-order chi connectivity index (χ1) is 10.1. The Morgan fingerprint density at radius 2 is 2.10 bits per heavy atom. The molecule has 0 N–H and O–H groups in total. The molecule has 7 heteroatoms. The molecular formula is C14H16N2O3S2. The Hall–Kier alpha value is -1.28. The topological polar surface area (TPSA) is 59.5 Å². The van der Waals surface area contributed by atoms with Gasteiger partial charge in [0.1, 0.15) is 0 Å². The number of rotatable bonds is 4. The van der Waals surface area contributed by atoms with Crippen molar-refractivity contribution in [1.82, 2.24) is 9.45 Å². The second-order valence-corrected chi connectivity index (χ2v) is 7.85. The first-order valence-electron chi connectivity index (χ1n) is 6.65. The van der Waals surface area contributed by atoms with Crippen LogP contribution in [0.15, 0.2) is 29.8 Å². The number of benzene rings is 1. The van der Waals surface area contributed by atoms with Gasteiger partial charge in [-0.2, -0.15) is 0 Å². The van der Waals surface area contributed by atoms with Crippen LogP contribution in [0.25, 0.3) is 0 Å². The monoisotopic (exact) mass is 324 g/mol. The van der Waals surface area contributed by atoms with Gasteiger partial charge in [-0.3, -0.25) is 4.84 Å². The van der Waals surface area contributed by atoms with Crippen LogP contribution in [0.5, 0.6) is 0 Å². The third kappa shape index (κ3) is 3.16. The van der Waals surface area contributed by atoms with Crippen molar-refractivity contribution in [2.45, 2.75) is 26.5 Å². The largest absolute Gasteiger partial charge is 0.279 e. The minimum Gasteiger partial charge on any atom is -0.279 e. The van der Waals surface area contributed by atoms with Crippen molar-refractivity contribution < 1.29 is 13.3 Å². The third-order valence-corrected chi connectivity index (χ3v) is 6.09. The predicted molar refractivity (Wildman–Crippen MR) is 81.1 cm³/mol. The van der Waals surface area contributed by atoms with E-state index < -0.39 is 10.0 Å². The molecule has 0 radical (unpaired) electrons. The molecular weight excluding hydrogens is 308 g/mol. The van der Waals surface area contributed by atoms with Crippen LogP contribution in [0.2, 0.25) is 0 Å². The summed E-state index contributed by atoms with van der Waals surface area (Å²) >= 11 is 1.49. The Balaban J connectivity index is 1.70. The fourth-order valence-electron chi connectivity index (χ4n) is 2.25. The fourth-order valence-corrected chi connectivity index (χ4v) is 4.37. The van der Waals surface area contributed by atoms with Crippen molar-refractivity contribution in [2.24, 2.45) is 0 Å². The van der Waals surface area contributed by atoms with Crippen LogP contribution in [0.1, 0.15) is 21.7 Å². The molecule has 0 unspecified atom stereocenters. The first-order valence-corrected chi connectivity index (χ1v) is 9.14. The zero-order valence-corrected chi connectivity index (χ0v) is 13.3. The molecule has 0 bridgehead atoms. The number of sulfonamides is 1. The molecule has 1 aliphatic heterocycles. The highest BCUT2D eigenvalue weighted by Crippen LogP contribution is 2.23. The lowest BCUT2D eigenvalue weighted by Gasteiger charge is -2.27. The highest BCUT2D eigenvalue weighted by molar-refractivity contribution is 7.88. The summed E-state index contributed by atoms with van der Waals surface area (Å²) in [6, 6.07) is 7.74. The van der Waals surface area contributed by atoms with E-state index in [1.54, 1.807) is 5.51 Å². The van der Waals surface area contributed by atoms with Gasteiger partial charge in [-0.25, -0.2) is 13.4 Å². The Kier molecular flexibility index (Phi) is 4.08. The molecule has 0 atom stereocenters. The van der Waals surface area contributed by atoms with E-state index >= 15 is 0 Å². The SMILES string of the molecule is Cc1ncsc1CCS(=O)(=O)N1Cc2ccccc2CO1. The summed E-state index contributed by atoms with van der Waals surface area (Å²) in [6.07, 6.45) is 0.473. The number of hydroxylamine groups is 1. The molecule has 112 valence electrons. The van der Waals surface area contributed by atoms with E-state index in [9.17, 15) is 8.42 Å². The van der Waals surface area contributed by atoms with E-state index in [0.717, 1.165) is 26.2 Å². The summed E-state index contributed by atoms with van der Waals surface area (Å²) in [5.74, 6) is 0.0399. The fraction of sp³-hybridized carbons (Fsp3) is 0.357. The van der Waals surface area contributed by atoms with Crippen molar-refractivity contribution >= 4 is 21.4 Å². The van der Waals surface area contributed by atoms with Gasteiger partial charge in [0.2, 0.25) is 10.0 Å². The number of thiazole rings is 1. The lowest BCUT2D eigenvalue weighted by Crippen LogP contribution is -2.36. The summed E-state index contributed by atoms with van der Waals surface area (Å²) in [5.41, 5.74) is 4.69. The molecule has 0 fully saturated rings. The van der Waals surface area contributed by atoms with Crippen LogP contribution in [-0.4, -0.2) is 23.6 Å². The molecule has 21 heavy (non-hydrogen) atoms. The van der Waals surface area contributed by atoms with E-state index in [4.69, 9.17) is 4.84 Å². The maximum Gasteiger partial charge on any atom is 0.236 e. The molecule has 0 saturated heterocycles. The van der Waals surface area contributed by atoms with Gasteiger partial charge in [0, 0.05) is 4.88 Å². The van der Waals surface area contributed by atoms with Gasteiger partial charge in [0.05, 0.1) is 30.1 Å². The number of hydrogen-bond donors (Lipinski definition) is 0. The zero-order chi connectivity index (χ0) is 14.9. The van der Waals surface area contributed by atoms with E-state index in [1.165, 1.54) is 11.3 Å². The second kappa shape index (κ2) is 5.84. The van der Waals surface area contributed by atoms with Crippen LogP contribution in [0, 0.1) is 6.92 Å². The minimum atomic E-state index is -3.43. The van der Waals surface area contributed by atoms with Gasteiger partial charge >= 0.3 is 0 Å². The highest BCUT2D eigenvalue weighted by Gasteiger charge is 2.28. The van der Waals surface area contributed by atoms with Crippen molar-refractivity contribution in [3.63, 3.8) is 0 Å². The summed E-state index contributed by atoms with van der Waals surface area (Å²) in [4.78, 5) is 10.6. The quantitative estimate of drug-likeness (QED) is 0.865. The van der Waals surface area contributed by atoms with Gasteiger partial charge in [0.15, 0.2) is 0 Å². The number of aromatic nitrogens is 1. The number of hydrogen-bond acceptors (Lipinski definition) is 5. The molecule has 0 spiro atoms. The average Bonchev–Trinajstić information content (AvgIpc) is 2.90. The van der Waals surface area contributed by atoms with Gasteiger partial charge < -0.3 is 0 Å². The lowest BCUT2D eigenvalue weighted by molar-refractivity contribution is -0.114. The van der Waals surface area contributed by atoms with Gasteiger partial charge in [0.25, 0.3) is 0 Å². The molecule has 1 aliphatic rings. The number of aryl methyl sites for hydroxylation is 2. The van der Waals surface area contributed by atoms with Gasteiger partial charge in [-0.05, 0) is 24.5 Å². The zero-order valence-electron chi connectivity index (χ0n) is 11.7. The van der Waals surface area contributed by atoms with E-state index in [1.807, 2.05) is 31.2 Å². The highest BCUT2D eigenvalue weighted by atomic mass is 32.2. The molecule has 0 aliphatic carbocycles. The van der Waals surface area contributed by atoms with Crippen LogP contribution in [0.4, 0.5) is 0 Å². The van der Waals surface area contributed by atoms with Crippen LogP contribution >= 0.6 is 11.3 Å². The van der Waals surface area contributed by atoms with Crippen molar-refractivity contribution in [3.8, 4) is 0 Å². The molecule has 0 amide bonds. The molecule has 2 aromatic rings. The van der Waals surface area contributed by atoms with Gasteiger partial charge in [-0.15, -0.1) is 11.3 Å². The first kappa shape index (κ1) is 14.6. The third-order valence-electron chi connectivity index (χ3n) is 3.52. The molecule has 1 aromatic carbocycles.